The van der Waals surface area contributed by atoms with Gasteiger partial charge in [-0.1, -0.05) is 24.3 Å². The molecule has 0 aliphatic carbocycles. The molecular weight excluding hydrogens is 366 g/mol. The van der Waals surface area contributed by atoms with Crippen LogP contribution < -0.4 is 5.32 Å². The van der Waals surface area contributed by atoms with Gasteiger partial charge in [-0.3, -0.25) is 4.79 Å². The van der Waals surface area contributed by atoms with Crippen LogP contribution >= 0.6 is 11.3 Å². The molecule has 7 heteroatoms. The highest BCUT2D eigenvalue weighted by atomic mass is 32.1. The van der Waals surface area contributed by atoms with Gasteiger partial charge in [0.05, 0.1) is 12.6 Å². The molecule has 0 aliphatic rings. The van der Waals surface area contributed by atoms with Gasteiger partial charge in [-0.2, -0.15) is 0 Å². The van der Waals surface area contributed by atoms with E-state index in [4.69, 9.17) is 13.9 Å². The highest BCUT2D eigenvalue weighted by Gasteiger charge is 2.23. The fraction of sp³-hybridized carbons (Fsp3) is 0.300. The molecule has 0 spiro atoms. The monoisotopic (exact) mass is 387 g/mol. The molecule has 0 saturated carbocycles. The zero-order valence-electron chi connectivity index (χ0n) is 15.2. The van der Waals surface area contributed by atoms with Gasteiger partial charge >= 0.3 is 5.97 Å². The number of carbonyl (C=O) groups excluding carboxylic acids is 2. The molecule has 2 aromatic heterocycles. The first-order valence-corrected chi connectivity index (χ1v) is 9.56. The number of benzene rings is 1. The number of carbonyl (C=O) groups is 2. The van der Waals surface area contributed by atoms with E-state index in [9.17, 15) is 9.59 Å². The Kier molecular flexibility index (Phi) is 6.26. The van der Waals surface area contributed by atoms with Gasteiger partial charge in [0.15, 0.2) is 6.61 Å². The minimum absolute atomic E-state index is 0.0729. The molecule has 3 aromatic rings. The van der Waals surface area contributed by atoms with Crippen LogP contribution in [0.1, 0.15) is 40.9 Å². The van der Waals surface area contributed by atoms with Gasteiger partial charge in [0.25, 0.3) is 5.91 Å². The number of rotatable bonds is 8. The molecule has 3 rings (SSSR count). The molecular formula is C20H21NO5S. The van der Waals surface area contributed by atoms with Crippen molar-refractivity contribution in [1.82, 2.24) is 5.32 Å². The van der Waals surface area contributed by atoms with Gasteiger partial charge in [0, 0.05) is 22.4 Å². The minimum Gasteiger partial charge on any atom is -0.450 e. The summed E-state index contributed by atoms with van der Waals surface area (Å²) >= 11 is 1.55. The molecule has 6 nitrogen and oxygen atoms in total. The molecule has 0 bridgehead atoms. The van der Waals surface area contributed by atoms with E-state index in [1.54, 1.807) is 17.4 Å². The van der Waals surface area contributed by atoms with Crippen LogP contribution in [-0.2, 0) is 20.9 Å². The van der Waals surface area contributed by atoms with Gasteiger partial charge in [-0.15, -0.1) is 11.3 Å². The average molecular weight is 387 g/mol. The van der Waals surface area contributed by atoms with Crippen LogP contribution in [0.15, 0.2) is 46.2 Å². The zero-order valence-corrected chi connectivity index (χ0v) is 16.0. The van der Waals surface area contributed by atoms with E-state index >= 15 is 0 Å². The van der Waals surface area contributed by atoms with Crippen molar-refractivity contribution in [3.05, 3.63) is 58.0 Å². The lowest BCUT2D eigenvalue weighted by Crippen LogP contribution is -2.30. The largest absolute Gasteiger partial charge is 0.450 e. The molecule has 1 N–H and O–H groups in total. The van der Waals surface area contributed by atoms with Crippen molar-refractivity contribution in [2.24, 2.45) is 0 Å². The summed E-state index contributed by atoms with van der Waals surface area (Å²) in [4.78, 5) is 25.6. The Bertz CT molecular complexity index is 916. The second-order valence-electron chi connectivity index (χ2n) is 5.92. The van der Waals surface area contributed by atoms with Crippen LogP contribution in [0.25, 0.3) is 11.0 Å². The van der Waals surface area contributed by atoms with E-state index in [-0.39, 0.29) is 30.9 Å². The van der Waals surface area contributed by atoms with E-state index in [2.05, 4.69) is 5.32 Å². The molecule has 0 radical (unpaired) electrons. The standard InChI is InChI=1S/C20H21NO5S/c1-3-24-11-15-14-7-4-5-8-16(14)26-19(15)20(23)25-12-18(22)21-13(2)17-9-6-10-27-17/h4-10,13H,3,11-12H2,1-2H3,(H,21,22)/t13-/m0/s1. The fourth-order valence-electron chi connectivity index (χ4n) is 2.70. The normalized spacial score (nSPS) is 12.1. The van der Waals surface area contributed by atoms with Gasteiger partial charge in [-0.05, 0) is 31.4 Å². The van der Waals surface area contributed by atoms with Crippen molar-refractivity contribution in [3.8, 4) is 0 Å². The number of esters is 1. The van der Waals surface area contributed by atoms with Crippen molar-refractivity contribution < 1.29 is 23.5 Å². The highest BCUT2D eigenvalue weighted by Crippen LogP contribution is 2.27. The summed E-state index contributed by atoms with van der Waals surface area (Å²) in [6.07, 6.45) is 0. The number of fused-ring (bicyclic) bond motifs is 1. The quantitative estimate of drug-likeness (QED) is 0.590. The number of hydrogen-bond acceptors (Lipinski definition) is 6. The second kappa shape index (κ2) is 8.83. The van der Waals surface area contributed by atoms with Crippen molar-refractivity contribution >= 4 is 34.2 Å². The lowest BCUT2D eigenvalue weighted by Gasteiger charge is -2.12. The Morgan fingerprint density at radius 3 is 2.78 bits per heavy atom. The van der Waals surface area contributed by atoms with Gasteiger partial charge in [0.1, 0.15) is 5.58 Å². The van der Waals surface area contributed by atoms with E-state index < -0.39 is 5.97 Å². The van der Waals surface area contributed by atoms with E-state index in [0.29, 0.717) is 17.8 Å². The van der Waals surface area contributed by atoms with Gasteiger partial charge in [-0.25, -0.2) is 4.79 Å². The Hall–Kier alpha value is -2.64. The number of hydrogen-bond donors (Lipinski definition) is 1. The van der Waals surface area contributed by atoms with Crippen LogP contribution in [0.3, 0.4) is 0 Å². The Balaban J connectivity index is 1.66. The summed E-state index contributed by atoms with van der Waals surface area (Å²) in [5.41, 5.74) is 1.21. The maximum Gasteiger partial charge on any atom is 0.375 e. The minimum atomic E-state index is -0.681. The number of thiophene rings is 1. The smallest absolute Gasteiger partial charge is 0.375 e. The first-order chi connectivity index (χ1) is 13.1. The van der Waals surface area contributed by atoms with Gasteiger partial charge < -0.3 is 19.2 Å². The number of para-hydroxylation sites is 1. The maximum absolute atomic E-state index is 12.5. The summed E-state index contributed by atoms with van der Waals surface area (Å²) in [5.74, 6) is -0.977. The number of nitrogens with one attached hydrogen (secondary N) is 1. The number of furan rings is 1. The molecule has 0 aliphatic heterocycles. The van der Waals surface area contributed by atoms with Crippen molar-refractivity contribution in [2.75, 3.05) is 13.2 Å². The molecule has 142 valence electrons. The third-order valence-electron chi connectivity index (χ3n) is 4.02. The Morgan fingerprint density at radius 1 is 1.22 bits per heavy atom. The van der Waals surface area contributed by atoms with Crippen molar-refractivity contribution in [3.63, 3.8) is 0 Å². The van der Waals surface area contributed by atoms with Crippen LogP contribution in [0.4, 0.5) is 0 Å². The van der Waals surface area contributed by atoms with E-state index in [1.807, 2.05) is 49.6 Å². The predicted octanol–water partition coefficient (Wildman–Crippen LogP) is 4.07. The van der Waals surface area contributed by atoms with Crippen molar-refractivity contribution in [2.45, 2.75) is 26.5 Å². The third-order valence-corrected chi connectivity index (χ3v) is 5.07. The van der Waals surface area contributed by atoms with Gasteiger partial charge in [0.2, 0.25) is 5.76 Å². The van der Waals surface area contributed by atoms with Crippen LogP contribution in [-0.4, -0.2) is 25.1 Å². The first-order valence-electron chi connectivity index (χ1n) is 8.68. The molecule has 0 fully saturated rings. The predicted molar refractivity (Wildman–Crippen MR) is 103 cm³/mol. The lowest BCUT2D eigenvalue weighted by molar-refractivity contribution is -0.124. The maximum atomic E-state index is 12.5. The van der Waals surface area contributed by atoms with Crippen LogP contribution in [0.2, 0.25) is 0 Å². The summed E-state index contributed by atoms with van der Waals surface area (Å²) in [6, 6.07) is 11.0. The molecule has 1 atom stereocenters. The Morgan fingerprint density at radius 2 is 2.04 bits per heavy atom. The van der Waals surface area contributed by atoms with Crippen LogP contribution in [0.5, 0.6) is 0 Å². The average Bonchev–Trinajstić information content (AvgIpc) is 3.32. The number of amides is 1. The fourth-order valence-corrected chi connectivity index (χ4v) is 3.43. The third kappa shape index (κ3) is 4.56. The molecule has 0 unspecified atom stereocenters. The van der Waals surface area contributed by atoms with Crippen LogP contribution in [0, 0.1) is 0 Å². The first kappa shape index (κ1) is 19.1. The summed E-state index contributed by atoms with van der Waals surface area (Å²) in [7, 11) is 0. The number of ether oxygens (including phenoxy) is 2. The van der Waals surface area contributed by atoms with E-state index in [0.717, 1.165) is 10.3 Å². The summed E-state index contributed by atoms with van der Waals surface area (Å²) in [6.45, 7) is 4.13. The molecule has 27 heavy (non-hydrogen) atoms. The molecule has 1 amide bonds. The Labute approximate surface area is 161 Å². The lowest BCUT2D eigenvalue weighted by atomic mass is 10.1. The zero-order chi connectivity index (χ0) is 19.2. The highest BCUT2D eigenvalue weighted by molar-refractivity contribution is 7.10. The topological polar surface area (TPSA) is 77.8 Å². The summed E-state index contributed by atoms with van der Waals surface area (Å²) < 4.78 is 16.3. The molecule has 1 aromatic carbocycles. The molecule has 0 saturated heterocycles. The summed E-state index contributed by atoms with van der Waals surface area (Å²) in [5, 5.41) is 5.55. The molecule has 2 heterocycles. The van der Waals surface area contributed by atoms with Crippen molar-refractivity contribution in [1.29, 1.82) is 0 Å². The van der Waals surface area contributed by atoms with E-state index in [1.165, 1.54) is 0 Å². The SMILES string of the molecule is CCOCc1c(C(=O)OCC(=O)N[C@@H](C)c2cccs2)oc2ccccc12. The second-order valence-corrected chi connectivity index (χ2v) is 6.90.